The smallest absolute Gasteiger partial charge is 0.220 e. The van der Waals surface area contributed by atoms with E-state index >= 15 is 0 Å². The van der Waals surface area contributed by atoms with Crippen LogP contribution < -0.4 is 5.32 Å². The van der Waals surface area contributed by atoms with Crippen LogP contribution in [0.1, 0.15) is 30.0 Å². The van der Waals surface area contributed by atoms with Crippen LogP contribution in [0.3, 0.4) is 0 Å². The molecule has 0 saturated heterocycles. The molecule has 2 N–H and O–H groups in total. The first-order valence-electron chi connectivity index (χ1n) is 6.74. The quantitative estimate of drug-likeness (QED) is 0.820. The predicted molar refractivity (Wildman–Crippen MR) is 76.8 cm³/mol. The van der Waals surface area contributed by atoms with Crippen molar-refractivity contribution >= 4 is 5.91 Å². The Hall–Kier alpha value is -2.03. The summed E-state index contributed by atoms with van der Waals surface area (Å²) in [5.74, 6) is 0.0979. The summed E-state index contributed by atoms with van der Waals surface area (Å²) in [6.07, 6.45) is 6.14. The van der Waals surface area contributed by atoms with Crippen LogP contribution >= 0.6 is 0 Å². The number of amides is 1. The lowest BCUT2D eigenvalue weighted by molar-refractivity contribution is -0.121. The van der Waals surface area contributed by atoms with Crippen molar-refractivity contribution in [3.8, 4) is 0 Å². The zero-order chi connectivity index (χ0) is 13.5. The summed E-state index contributed by atoms with van der Waals surface area (Å²) in [5.41, 5.74) is 3.65. The lowest BCUT2D eigenvalue weighted by Gasteiger charge is -2.05. The number of hydrogen-bond donors (Lipinski definition) is 2. The van der Waals surface area contributed by atoms with E-state index in [1.807, 2.05) is 18.5 Å². The normalized spacial score (nSPS) is 10.4. The van der Waals surface area contributed by atoms with Gasteiger partial charge in [0.15, 0.2) is 0 Å². The highest BCUT2D eigenvalue weighted by atomic mass is 16.1. The van der Waals surface area contributed by atoms with Crippen LogP contribution in [0, 0.1) is 0 Å². The highest BCUT2D eigenvalue weighted by Gasteiger charge is 2.02. The maximum atomic E-state index is 11.7. The van der Waals surface area contributed by atoms with Crippen molar-refractivity contribution in [2.75, 3.05) is 0 Å². The summed E-state index contributed by atoms with van der Waals surface area (Å²) in [5, 5.41) is 2.92. The molecule has 0 saturated carbocycles. The SMILES string of the molecule is CCc1ccc(CCC(=O)NCc2cc[nH]c2)cc1. The van der Waals surface area contributed by atoms with Gasteiger partial charge < -0.3 is 10.3 Å². The largest absolute Gasteiger partial charge is 0.367 e. The van der Waals surface area contributed by atoms with Gasteiger partial charge in [0.1, 0.15) is 0 Å². The van der Waals surface area contributed by atoms with Crippen LogP contribution in [0.4, 0.5) is 0 Å². The molecule has 1 amide bonds. The Morgan fingerprint density at radius 3 is 2.47 bits per heavy atom. The first-order chi connectivity index (χ1) is 9.28. The maximum absolute atomic E-state index is 11.7. The van der Waals surface area contributed by atoms with E-state index in [4.69, 9.17) is 0 Å². The minimum absolute atomic E-state index is 0.0979. The molecule has 3 heteroatoms. The van der Waals surface area contributed by atoms with Gasteiger partial charge in [0.05, 0.1) is 0 Å². The fourth-order valence-corrected chi connectivity index (χ4v) is 1.96. The van der Waals surface area contributed by atoms with E-state index in [0.717, 1.165) is 18.4 Å². The number of hydrogen-bond acceptors (Lipinski definition) is 1. The molecule has 2 rings (SSSR count). The highest BCUT2D eigenvalue weighted by Crippen LogP contribution is 2.07. The van der Waals surface area contributed by atoms with Gasteiger partial charge in [0, 0.05) is 25.4 Å². The molecule has 1 heterocycles. The van der Waals surface area contributed by atoms with Gasteiger partial charge in [0.25, 0.3) is 0 Å². The Morgan fingerprint density at radius 1 is 1.11 bits per heavy atom. The fraction of sp³-hybridized carbons (Fsp3) is 0.312. The molecule has 0 aliphatic rings. The maximum Gasteiger partial charge on any atom is 0.220 e. The molecule has 1 aromatic carbocycles. The highest BCUT2D eigenvalue weighted by molar-refractivity contribution is 5.76. The van der Waals surface area contributed by atoms with E-state index in [0.29, 0.717) is 13.0 Å². The van der Waals surface area contributed by atoms with E-state index in [-0.39, 0.29) is 5.91 Å². The molecule has 0 unspecified atom stereocenters. The molecule has 0 aliphatic carbocycles. The molecule has 1 aromatic heterocycles. The molecule has 0 spiro atoms. The molecule has 3 nitrogen and oxygen atoms in total. The van der Waals surface area contributed by atoms with E-state index in [2.05, 4.69) is 41.5 Å². The second-order valence-electron chi connectivity index (χ2n) is 4.67. The molecule has 100 valence electrons. The number of carbonyl (C=O) groups excluding carboxylic acids is 1. The summed E-state index contributed by atoms with van der Waals surface area (Å²) < 4.78 is 0. The van der Waals surface area contributed by atoms with Crippen molar-refractivity contribution in [3.05, 3.63) is 59.4 Å². The molecular weight excluding hydrogens is 236 g/mol. The summed E-state index contributed by atoms with van der Waals surface area (Å²) in [6, 6.07) is 10.4. The standard InChI is InChI=1S/C16H20N2O/c1-2-13-3-5-14(6-4-13)7-8-16(19)18-12-15-9-10-17-11-15/h3-6,9-11,17H,2,7-8,12H2,1H3,(H,18,19). The van der Waals surface area contributed by atoms with Crippen molar-refractivity contribution < 1.29 is 4.79 Å². The van der Waals surface area contributed by atoms with Gasteiger partial charge in [-0.3, -0.25) is 4.79 Å². The van der Waals surface area contributed by atoms with Gasteiger partial charge in [-0.25, -0.2) is 0 Å². The van der Waals surface area contributed by atoms with E-state index in [1.165, 1.54) is 11.1 Å². The van der Waals surface area contributed by atoms with Crippen molar-refractivity contribution in [1.29, 1.82) is 0 Å². The first kappa shape index (κ1) is 13.4. The second-order valence-corrected chi connectivity index (χ2v) is 4.67. The molecule has 19 heavy (non-hydrogen) atoms. The Bertz CT molecular complexity index is 500. The number of nitrogens with one attached hydrogen (secondary N) is 2. The number of rotatable bonds is 6. The number of benzene rings is 1. The average molecular weight is 256 g/mol. The van der Waals surface area contributed by atoms with Crippen molar-refractivity contribution in [2.24, 2.45) is 0 Å². The van der Waals surface area contributed by atoms with Gasteiger partial charge in [-0.15, -0.1) is 0 Å². The van der Waals surface area contributed by atoms with Crippen LogP contribution in [0.5, 0.6) is 0 Å². The van der Waals surface area contributed by atoms with Crippen molar-refractivity contribution in [3.63, 3.8) is 0 Å². The zero-order valence-corrected chi connectivity index (χ0v) is 11.3. The topological polar surface area (TPSA) is 44.9 Å². The van der Waals surface area contributed by atoms with Crippen LogP contribution in [0.15, 0.2) is 42.7 Å². The summed E-state index contributed by atoms with van der Waals surface area (Å²) >= 11 is 0. The molecule has 2 aromatic rings. The van der Waals surface area contributed by atoms with Crippen molar-refractivity contribution in [1.82, 2.24) is 10.3 Å². The minimum atomic E-state index is 0.0979. The lowest BCUT2D eigenvalue weighted by Crippen LogP contribution is -2.22. The minimum Gasteiger partial charge on any atom is -0.367 e. The average Bonchev–Trinajstić information content (AvgIpc) is 2.96. The summed E-state index contributed by atoms with van der Waals surface area (Å²) in [6.45, 7) is 2.74. The lowest BCUT2D eigenvalue weighted by atomic mass is 10.1. The van der Waals surface area contributed by atoms with Gasteiger partial charge in [-0.1, -0.05) is 31.2 Å². The molecule has 0 radical (unpaired) electrons. The number of aryl methyl sites for hydroxylation is 2. The van der Waals surface area contributed by atoms with Crippen LogP contribution in [0.2, 0.25) is 0 Å². The van der Waals surface area contributed by atoms with E-state index in [1.54, 1.807) is 0 Å². The molecular formula is C16H20N2O. The number of H-pyrrole nitrogens is 1. The van der Waals surface area contributed by atoms with Gasteiger partial charge in [-0.2, -0.15) is 0 Å². The number of carbonyl (C=O) groups is 1. The fourth-order valence-electron chi connectivity index (χ4n) is 1.96. The summed E-state index contributed by atoms with van der Waals surface area (Å²) in [4.78, 5) is 14.7. The Morgan fingerprint density at radius 2 is 1.84 bits per heavy atom. The number of aromatic nitrogens is 1. The third-order valence-electron chi connectivity index (χ3n) is 3.22. The third kappa shape index (κ3) is 4.28. The predicted octanol–water partition coefficient (Wildman–Crippen LogP) is 2.83. The molecule has 0 aliphatic heterocycles. The van der Waals surface area contributed by atoms with Crippen LogP contribution in [0.25, 0.3) is 0 Å². The monoisotopic (exact) mass is 256 g/mol. The second kappa shape index (κ2) is 6.78. The van der Waals surface area contributed by atoms with Crippen LogP contribution in [-0.2, 0) is 24.2 Å². The van der Waals surface area contributed by atoms with Gasteiger partial charge >= 0.3 is 0 Å². The molecule has 0 bridgehead atoms. The Balaban J connectivity index is 1.73. The first-order valence-corrected chi connectivity index (χ1v) is 6.74. The Labute approximate surface area is 114 Å². The number of aromatic amines is 1. The molecule has 0 atom stereocenters. The van der Waals surface area contributed by atoms with Gasteiger partial charge in [0.2, 0.25) is 5.91 Å². The zero-order valence-electron chi connectivity index (χ0n) is 11.3. The van der Waals surface area contributed by atoms with Crippen LogP contribution in [-0.4, -0.2) is 10.9 Å². The third-order valence-corrected chi connectivity index (χ3v) is 3.22. The van der Waals surface area contributed by atoms with Crippen molar-refractivity contribution in [2.45, 2.75) is 32.7 Å². The van der Waals surface area contributed by atoms with E-state index < -0.39 is 0 Å². The summed E-state index contributed by atoms with van der Waals surface area (Å²) in [7, 11) is 0. The Kier molecular flexibility index (Phi) is 4.78. The molecule has 0 fully saturated rings. The van der Waals surface area contributed by atoms with E-state index in [9.17, 15) is 4.79 Å². The van der Waals surface area contributed by atoms with Gasteiger partial charge in [-0.05, 0) is 35.6 Å².